The van der Waals surface area contributed by atoms with Gasteiger partial charge in [-0.05, 0) is 17.7 Å². The normalized spacial score (nSPS) is 18.2. The first-order chi connectivity index (χ1) is 12.6. The lowest BCUT2D eigenvalue weighted by Crippen LogP contribution is -2.40. The fourth-order valence-electron chi connectivity index (χ4n) is 3.12. The van der Waals surface area contributed by atoms with Gasteiger partial charge in [0.1, 0.15) is 11.9 Å². The van der Waals surface area contributed by atoms with Crippen LogP contribution in [-0.4, -0.2) is 30.3 Å². The van der Waals surface area contributed by atoms with Gasteiger partial charge in [0.15, 0.2) is 0 Å². The molecule has 1 N–H and O–H groups in total. The number of nitrogens with zero attached hydrogens (tertiary/aromatic N) is 1. The molecule has 0 spiro atoms. The van der Waals surface area contributed by atoms with Gasteiger partial charge >= 0.3 is 0 Å². The summed E-state index contributed by atoms with van der Waals surface area (Å²) in [6, 6.07) is 17.5. The summed E-state index contributed by atoms with van der Waals surface area (Å²) in [7, 11) is 1.58. The molecule has 2 amide bonds. The molecule has 0 unspecified atom stereocenters. The summed E-state index contributed by atoms with van der Waals surface area (Å²) in [5, 5.41) is 3.04. The Balaban J connectivity index is 1.77. The SMILES string of the molecule is C=CC(=O)N(C)CC(=O)N[C@@H]1C[C@@H](c2ccccc2)Oc2ccccc21. The number of nitrogens with one attached hydrogen (secondary N) is 1. The van der Waals surface area contributed by atoms with Gasteiger partial charge in [-0.3, -0.25) is 9.59 Å². The van der Waals surface area contributed by atoms with Crippen molar-refractivity contribution in [2.75, 3.05) is 13.6 Å². The van der Waals surface area contributed by atoms with Gasteiger partial charge in [-0.15, -0.1) is 0 Å². The number of fused-ring (bicyclic) bond motifs is 1. The van der Waals surface area contributed by atoms with Crippen molar-refractivity contribution >= 4 is 11.8 Å². The maximum absolute atomic E-state index is 12.4. The number of hydrogen-bond acceptors (Lipinski definition) is 3. The lowest BCUT2D eigenvalue weighted by molar-refractivity contribution is -0.131. The van der Waals surface area contributed by atoms with Crippen LogP contribution >= 0.6 is 0 Å². The fraction of sp³-hybridized carbons (Fsp3) is 0.238. The van der Waals surface area contributed by atoms with Crippen molar-refractivity contribution in [2.24, 2.45) is 0 Å². The van der Waals surface area contributed by atoms with Crippen molar-refractivity contribution in [2.45, 2.75) is 18.6 Å². The largest absolute Gasteiger partial charge is 0.485 e. The third kappa shape index (κ3) is 3.94. The maximum atomic E-state index is 12.4. The third-order valence-corrected chi connectivity index (χ3v) is 4.45. The predicted molar refractivity (Wildman–Crippen MR) is 99.6 cm³/mol. The van der Waals surface area contributed by atoms with Crippen molar-refractivity contribution in [3.8, 4) is 5.75 Å². The number of amides is 2. The first-order valence-electron chi connectivity index (χ1n) is 8.56. The average molecular weight is 350 g/mol. The summed E-state index contributed by atoms with van der Waals surface area (Å²) >= 11 is 0. The predicted octanol–water partition coefficient (Wildman–Crippen LogP) is 3.01. The van der Waals surface area contributed by atoms with Crippen molar-refractivity contribution < 1.29 is 14.3 Å². The van der Waals surface area contributed by atoms with E-state index in [1.165, 1.54) is 11.0 Å². The minimum absolute atomic E-state index is 0.0135. The smallest absolute Gasteiger partial charge is 0.246 e. The second kappa shape index (κ2) is 7.87. The Morgan fingerprint density at radius 1 is 1.19 bits per heavy atom. The van der Waals surface area contributed by atoms with Crippen LogP contribution in [-0.2, 0) is 9.59 Å². The van der Waals surface area contributed by atoms with Crippen molar-refractivity contribution in [3.63, 3.8) is 0 Å². The molecule has 1 aliphatic rings. The number of carbonyl (C=O) groups is 2. The molecule has 0 radical (unpaired) electrons. The fourth-order valence-corrected chi connectivity index (χ4v) is 3.12. The summed E-state index contributed by atoms with van der Waals surface area (Å²) in [6.07, 6.45) is 1.69. The molecule has 5 heteroatoms. The molecular formula is C21H22N2O3. The quantitative estimate of drug-likeness (QED) is 0.844. The molecule has 3 rings (SSSR count). The summed E-state index contributed by atoms with van der Waals surface area (Å²) in [5.41, 5.74) is 2.02. The minimum Gasteiger partial charge on any atom is -0.485 e. The van der Waals surface area contributed by atoms with E-state index in [9.17, 15) is 9.59 Å². The van der Waals surface area contributed by atoms with E-state index in [2.05, 4.69) is 11.9 Å². The molecule has 0 saturated carbocycles. The Morgan fingerprint density at radius 2 is 1.88 bits per heavy atom. The molecule has 1 aliphatic heterocycles. The maximum Gasteiger partial charge on any atom is 0.246 e. The van der Waals surface area contributed by atoms with Gasteiger partial charge in [-0.2, -0.15) is 0 Å². The molecule has 2 aromatic carbocycles. The Bertz CT molecular complexity index is 804. The highest BCUT2D eigenvalue weighted by atomic mass is 16.5. The van der Waals surface area contributed by atoms with Crippen LogP contribution in [0.5, 0.6) is 5.75 Å². The van der Waals surface area contributed by atoms with Crippen molar-refractivity contribution in [1.29, 1.82) is 0 Å². The van der Waals surface area contributed by atoms with Crippen molar-refractivity contribution in [1.82, 2.24) is 10.2 Å². The van der Waals surface area contributed by atoms with E-state index in [0.717, 1.165) is 16.9 Å². The summed E-state index contributed by atoms with van der Waals surface area (Å²) in [4.78, 5) is 25.3. The summed E-state index contributed by atoms with van der Waals surface area (Å²) < 4.78 is 6.14. The topological polar surface area (TPSA) is 58.6 Å². The molecule has 0 aliphatic carbocycles. The first-order valence-corrected chi connectivity index (χ1v) is 8.56. The number of ether oxygens (including phenoxy) is 1. The second-order valence-corrected chi connectivity index (χ2v) is 6.31. The molecule has 2 atom stereocenters. The highest BCUT2D eigenvalue weighted by Gasteiger charge is 2.30. The summed E-state index contributed by atoms with van der Waals surface area (Å²) in [6.45, 7) is 3.42. The van der Waals surface area contributed by atoms with Crippen LogP contribution in [0, 0.1) is 0 Å². The van der Waals surface area contributed by atoms with Crippen molar-refractivity contribution in [3.05, 3.63) is 78.4 Å². The van der Waals surface area contributed by atoms with Crippen LogP contribution in [0.3, 0.4) is 0 Å². The highest BCUT2D eigenvalue weighted by molar-refractivity contribution is 5.90. The molecule has 26 heavy (non-hydrogen) atoms. The van der Waals surface area contributed by atoms with Gasteiger partial charge in [0.05, 0.1) is 12.6 Å². The standard InChI is InChI=1S/C21H22N2O3/c1-3-21(25)23(2)14-20(24)22-17-13-19(15-9-5-4-6-10-15)26-18-12-8-7-11-16(17)18/h3-12,17,19H,1,13-14H2,2H3,(H,22,24)/t17-,19+/m1/s1. The highest BCUT2D eigenvalue weighted by Crippen LogP contribution is 2.40. The van der Waals surface area contributed by atoms with Gasteiger partial charge < -0.3 is 15.0 Å². The Hall–Kier alpha value is -3.08. The van der Waals surface area contributed by atoms with E-state index in [-0.39, 0.29) is 30.5 Å². The Labute approximate surface area is 153 Å². The molecule has 0 aromatic heterocycles. The summed E-state index contributed by atoms with van der Waals surface area (Å²) in [5.74, 6) is 0.277. The Morgan fingerprint density at radius 3 is 2.62 bits per heavy atom. The van der Waals surface area contributed by atoms with Crippen LogP contribution in [0.25, 0.3) is 0 Å². The Kier molecular flexibility index (Phi) is 5.37. The number of likely N-dealkylation sites (N-methyl/N-ethyl adjacent to an activating group) is 1. The van der Waals surface area contributed by atoms with Gasteiger partial charge in [0.2, 0.25) is 11.8 Å². The van der Waals surface area contributed by atoms with E-state index in [0.29, 0.717) is 6.42 Å². The van der Waals surface area contributed by atoms with Gasteiger partial charge in [0, 0.05) is 19.0 Å². The number of hydrogen-bond donors (Lipinski definition) is 1. The number of carbonyl (C=O) groups excluding carboxylic acids is 2. The molecule has 5 nitrogen and oxygen atoms in total. The molecular weight excluding hydrogens is 328 g/mol. The van der Waals surface area contributed by atoms with Crippen LogP contribution < -0.4 is 10.1 Å². The lowest BCUT2D eigenvalue weighted by Gasteiger charge is -2.33. The van der Waals surface area contributed by atoms with E-state index in [1.54, 1.807) is 7.05 Å². The van der Waals surface area contributed by atoms with Gasteiger partial charge in [-0.25, -0.2) is 0 Å². The monoisotopic (exact) mass is 350 g/mol. The average Bonchev–Trinajstić information content (AvgIpc) is 2.67. The number of benzene rings is 2. The molecule has 0 bridgehead atoms. The van der Waals surface area contributed by atoms with Crippen LogP contribution in [0.15, 0.2) is 67.3 Å². The van der Waals surface area contributed by atoms with Crippen LogP contribution in [0.4, 0.5) is 0 Å². The van der Waals surface area contributed by atoms with E-state index >= 15 is 0 Å². The van der Waals surface area contributed by atoms with Gasteiger partial charge in [-0.1, -0.05) is 55.1 Å². The van der Waals surface area contributed by atoms with Gasteiger partial charge in [0.25, 0.3) is 0 Å². The molecule has 0 saturated heterocycles. The second-order valence-electron chi connectivity index (χ2n) is 6.31. The zero-order chi connectivity index (χ0) is 18.5. The zero-order valence-corrected chi connectivity index (χ0v) is 14.7. The van der Waals surface area contributed by atoms with E-state index in [1.807, 2.05) is 54.6 Å². The van der Waals surface area contributed by atoms with E-state index < -0.39 is 0 Å². The molecule has 0 fully saturated rings. The number of rotatable bonds is 5. The number of para-hydroxylation sites is 1. The van der Waals surface area contributed by atoms with E-state index in [4.69, 9.17) is 4.74 Å². The minimum atomic E-state index is -0.283. The van der Waals surface area contributed by atoms with Crippen LogP contribution in [0.1, 0.15) is 29.7 Å². The van der Waals surface area contributed by atoms with Crippen LogP contribution in [0.2, 0.25) is 0 Å². The lowest BCUT2D eigenvalue weighted by atomic mass is 9.93. The zero-order valence-electron chi connectivity index (χ0n) is 14.7. The third-order valence-electron chi connectivity index (χ3n) is 4.45. The molecule has 2 aromatic rings. The first kappa shape index (κ1) is 17.7. The molecule has 134 valence electrons. The molecule has 1 heterocycles.